The van der Waals surface area contributed by atoms with E-state index in [0.717, 1.165) is 16.9 Å². The van der Waals surface area contributed by atoms with Crippen LogP contribution in [0.2, 0.25) is 10.8 Å². The molecule has 1 N–H and O–H groups in total. The Morgan fingerprint density at radius 1 is 1.12 bits per heavy atom. The van der Waals surface area contributed by atoms with Crippen molar-refractivity contribution in [1.29, 1.82) is 0 Å². The second kappa shape index (κ2) is 8.87. The van der Waals surface area contributed by atoms with E-state index in [1.54, 1.807) is 26.0 Å². The minimum atomic E-state index is -3.74. The van der Waals surface area contributed by atoms with Gasteiger partial charge in [-0.25, -0.2) is 0 Å². The van der Waals surface area contributed by atoms with E-state index in [-0.39, 0.29) is 36.3 Å². The zero-order valence-corrected chi connectivity index (χ0v) is 19.2. The topological polar surface area (TPSA) is 86.8 Å². The van der Waals surface area contributed by atoms with Crippen LogP contribution in [0.25, 0.3) is 0 Å². The lowest BCUT2D eigenvalue weighted by molar-refractivity contribution is -0.147. The Morgan fingerprint density at radius 2 is 1.79 bits per heavy atom. The number of benzene rings is 2. The zero-order chi connectivity index (χ0) is 24.8. The second-order valence-electron chi connectivity index (χ2n) is 8.58. The Labute approximate surface area is 201 Å². The lowest BCUT2D eigenvalue weighted by Crippen LogP contribution is -2.55. The summed E-state index contributed by atoms with van der Waals surface area (Å²) < 4.78 is 28.9. The van der Waals surface area contributed by atoms with Crippen molar-refractivity contribution >= 4 is 51.1 Å². The molecular formula is C22H20B2ClF2N3O4. The quantitative estimate of drug-likeness (QED) is 0.502. The molecule has 0 spiro atoms. The first-order chi connectivity index (χ1) is 16.0. The number of rotatable bonds is 5. The SMILES string of the molecule is BC1CC(N2Cc3cc(CNC(=O)C(F)(F)c4ccc(Cl)cc4)ccc3C2=O)C(=O)N(B)C1=O. The van der Waals surface area contributed by atoms with Crippen LogP contribution in [0, 0.1) is 0 Å². The predicted molar refractivity (Wildman–Crippen MR) is 125 cm³/mol. The van der Waals surface area contributed by atoms with Gasteiger partial charge in [0.2, 0.25) is 19.8 Å². The van der Waals surface area contributed by atoms with E-state index in [1.807, 2.05) is 0 Å². The predicted octanol–water partition coefficient (Wildman–Crippen LogP) is 0.801. The summed E-state index contributed by atoms with van der Waals surface area (Å²) in [6.07, 6.45) is 0.241. The number of nitrogens with one attached hydrogen (secondary N) is 1. The Balaban J connectivity index is 1.45. The molecule has 0 bridgehead atoms. The summed E-state index contributed by atoms with van der Waals surface area (Å²) in [5, 5.41) is 2.52. The van der Waals surface area contributed by atoms with Crippen molar-refractivity contribution in [3.63, 3.8) is 0 Å². The van der Waals surface area contributed by atoms with Crippen LogP contribution in [0.4, 0.5) is 8.78 Å². The molecule has 0 radical (unpaired) electrons. The molecule has 0 saturated carbocycles. The van der Waals surface area contributed by atoms with Gasteiger partial charge in [-0.05, 0) is 35.7 Å². The molecule has 34 heavy (non-hydrogen) atoms. The number of imide groups is 1. The molecule has 2 aliphatic rings. The van der Waals surface area contributed by atoms with Gasteiger partial charge in [-0.15, -0.1) is 0 Å². The third-order valence-electron chi connectivity index (χ3n) is 6.27. The first-order valence-electron chi connectivity index (χ1n) is 10.7. The van der Waals surface area contributed by atoms with Gasteiger partial charge in [0.15, 0.2) is 0 Å². The molecule has 174 valence electrons. The minimum Gasteiger partial charge on any atom is -0.346 e. The maximum Gasteiger partial charge on any atom is 0.349 e. The molecule has 4 rings (SSSR count). The van der Waals surface area contributed by atoms with Gasteiger partial charge in [0.25, 0.3) is 11.8 Å². The second-order valence-corrected chi connectivity index (χ2v) is 9.01. The van der Waals surface area contributed by atoms with E-state index in [4.69, 9.17) is 11.6 Å². The van der Waals surface area contributed by atoms with Crippen molar-refractivity contribution in [2.45, 2.75) is 37.3 Å². The summed E-state index contributed by atoms with van der Waals surface area (Å²) in [7, 11) is 3.12. The van der Waals surface area contributed by atoms with Crippen LogP contribution >= 0.6 is 11.6 Å². The van der Waals surface area contributed by atoms with Crippen LogP contribution in [-0.2, 0) is 33.4 Å². The average Bonchev–Trinajstić information content (AvgIpc) is 3.14. The monoisotopic (exact) mass is 485 g/mol. The third-order valence-corrected chi connectivity index (χ3v) is 6.52. The highest BCUT2D eigenvalue weighted by atomic mass is 35.5. The van der Waals surface area contributed by atoms with Gasteiger partial charge in [-0.3, -0.25) is 19.2 Å². The van der Waals surface area contributed by atoms with Gasteiger partial charge in [0, 0.05) is 35.1 Å². The molecule has 4 amide bonds. The van der Waals surface area contributed by atoms with Crippen molar-refractivity contribution in [3.05, 3.63) is 69.7 Å². The first-order valence-corrected chi connectivity index (χ1v) is 11.0. The zero-order valence-electron chi connectivity index (χ0n) is 18.5. The van der Waals surface area contributed by atoms with E-state index in [2.05, 4.69) is 5.32 Å². The number of halogens is 3. The maximum absolute atomic E-state index is 14.5. The van der Waals surface area contributed by atoms with Crippen LogP contribution in [0.1, 0.15) is 33.5 Å². The molecule has 1 saturated heterocycles. The molecule has 12 heteroatoms. The van der Waals surface area contributed by atoms with Gasteiger partial charge < -0.3 is 15.0 Å². The summed E-state index contributed by atoms with van der Waals surface area (Å²) in [6, 6.07) is 8.79. The van der Waals surface area contributed by atoms with Crippen molar-refractivity contribution in [2.75, 3.05) is 0 Å². The maximum atomic E-state index is 14.5. The highest BCUT2D eigenvalue weighted by Crippen LogP contribution is 2.32. The highest BCUT2D eigenvalue weighted by Gasteiger charge is 2.44. The Bertz CT molecular complexity index is 1200. The molecule has 2 atom stereocenters. The Hall–Kier alpha value is -3.20. The van der Waals surface area contributed by atoms with E-state index >= 15 is 0 Å². The van der Waals surface area contributed by atoms with Crippen molar-refractivity contribution < 1.29 is 28.0 Å². The molecule has 2 aromatic rings. The minimum absolute atomic E-state index is 0.155. The van der Waals surface area contributed by atoms with Crippen LogP contribution in [-0.4, -0.2) is 55.2 Å². The number of alkyl halides is 2. The molecular weight excluding hydrogens is 465 g/mol. The lowest BCUT2D eigenvalue weighted by Gasteiger charge is -2.37. The first kappa shape index (κ1) is 23.9. The van der Waals surface area contributed by atoms with Crippen LogP contribution in [0.5, 0.6) is 0 Å². The summed E-state index contributed by atoms with van der Waals surface area (Å²) in [4.78, 5) is 52.2. The molecule has 2 heterocycles. The highest BCUT2D eigenvalue weighted by molar-refractivity contribution is 6.35. The Kier molecular flexibility index (Phi) is 6.24. The van der Waals surface area contributed by atoms with Gasteiger partial charge in [0.05, 0.1) is 0 Å². The molecule has 7 nitrogen and oxygen atoms in total. The fourth-order valence-corrected chi connectivity index (χ4v) is 4.43. The van der Waals surface area contributed by atoms with Crippen molar-refractivity contribution in [2.24, 2.45) is 0 Å². The van der Waals surface area contributed by atoms with E-state index < -0.39 is 35.2 Å². The summed E-state index contributed by atoms with van der Waals surface area (Å²) in [6.45, 7) is -0.0117. The normalized spacial score (nSPS) is 20.5. The molecule has 0 aromatic heterocycles. The number of carbonyl (C=O) groups is 4. The van der Waals surface area contributed by atoms with Crippen LogP contribution in [0.15, 0.2) is 42.5 Å². The van der Waals surface area contributed by atoms with Crippen molar-refractivity contribution in [1.82, 2.24) is 15.0 Å². The van der Waals surface area contributed by atoms with E-state index in [1.165, 1.54) is 25.0 Å². The number of fused-ring (bicyclic) bond motifs is 1. The smallest absolute Gasteiger partial charge is 0.346 e. The largest absolute Gasteiger partial charge is 0.349 e. The van der Waals surface area contributed by atoms with Gasteiger partial charge in [0.1, 0.15) is 13.9 Å². The fraction of sp³-hybridized carbons (Fsp3) is 0.273. The number of carbonyl (C=O) groups excluding carboxylic acids is 4. The number of hydrogen-bond acceptors (Lipinski definition) is 4. The van der Waals surface area contributed by atoms with Crippen LogP contribution < -0.4 is 5.32 Å². The Morgan fingerprint density at radius 3 is 2.47 bits per heavy atom. The third kappa shape index (κ3) is 4.20. The van der Waals surface area contributed by atoms with Gasteiger partial charge >= 0.3 is 5.92 Å². The van der Waals surface area contributed by atoms with Crippen LogP contribution in [0.3, 0.4) is 0 Å². The average molecular weight is 485 g/mol. The van der Waals surface area contributed by atoms with Crippen molar-refractivity contribution in [3.8, 4) is 0 Å². The van der Waals surface area contributed by atoms with Gasteiger partial charge in [-0.2, -0.15) is 8.78 Å². The standard InChI is InChI=1S/C22H20B2ClF2N3O4/c23-16-8-17(20(33)30(24)19(16)32)29-10-12-7-11(1-6-15(12)18(29)31)9-28-21(34)22(26,27)13-2-4-14(25)5-3-13/h1-7,16-17H,8-10,23-24H2,(H,28,34). The molecule has 2 aromatic carbocycles. The summed E-state index contributed by atoms with van der Waals surface area (Å²) >= 11 is 5.72. The summed E-state index contributed by atoms with van der Waals surface area (Å²) in [5.74, 6) is -6.62. The molecule has 2 unspecified atom stereocenters. The fourth-order valence-electron chi connectivity index (χ4n) is 4.30. The summed E-state index contributed by atoms with van der Waals surface area (Å²) in [5.41, 5.74) is 1.09. The number of nitrogens with zero attached hydrogens (tertiary/aromatic N) is 2. The number of hydrogen-bond donors (Lipinski definition) is 1. The lowest BCUT2D eigenvalue weighted by atomic mass is 9.76. The van der Waals surface area contributed by atoms with Gasteiger partial charge in [-0.1, -0.05) is 35.9 Å². The number of amides is 4. The number of piperidine rings is 1. The molecule has 2 aliphatic heterocycles. The van der Waals surface area contributed by atoms with E-state index in [9.17, 15) is 28.0 Å². The van der Waals surface area contributed by atoms with E-state index in [0.29, 0.717) is 16.7 Å². The molecule has 1 fully saturated rings. The molecule has 0 aliphatic carbocycles.